The van der Waals surface area contributed by atoms with Crippen molar-refractivity contribution in [2.45, 2.75) is 23.6 Å². The number of anilines is 4. The first-order chi connectivity index (χ1) is 15.4. The number of benzene rings is 1. The largest absolute Gasteiger partial charge is 0.406 e. The number of alkyl halides is 3. The van der Waals surface area contributed by atoms with E-state index in [0.717, 1.165) is 22.0 Å². The number of hydrogen-bond donors (Lipinski definition) is 2. The molecule has 2 aromatic heterocycles. The number of para-hydroxylation sites is 1. The summed E-state index contributed by atoms with van der Waals surface area (Å²) in [5, 5.41) is 11.1. The van der Waals surface area contributed by atoms with Crippen LogP contribution in [0, 0.1) is 0 Å². The summed E-state index contributed by atoms with van der Waals surface area (Å²) in [6, 6.07) is 9.24. The zero-order valence-corrected chi connectivity index (χ0v) is 17.6. The summed E-state index contributed by atoms with van der Waals surface area (Å²) >= 11 is 1.04. The molecule has 3 heterocycles. The first kappa shape index (κ1) is 22.1. The standard InChI is InChI=1S/C18H20F3N9OS/c19-18(20,21)11-30-16(29-6-8-31-9-7-29)27-28-17(30)32-10-13-24-14(22)26-15(25-13)23-12-4-2-1-3-5-12/h1-5H,6-11H2,(H3,22,23,24,25,26). The molecule has 0 bridgehead atoms. The normalized spacial score (nSPS) is 14.5. The number of nitrogen functional groups attached to an aromatic ring is 1. The van der Waals surface area contributed by atoms with Gasteiger partial charge in [-0.25, -0.2) is 0 Å². The molecule has 0 unspecified atom stereocenters. The molecule has 0 saturated carbocycles. The predicted molar refractivity (Wildman–Crippen MR) is 113 cm³/mol. The van der Waals surface area contributed by atoms with E-state index < -0.39 is 12.7 Å². The van der Waals surface area contributed by atoms with Gasteiger partial charge < -0.3 is 20.7 Å². The number of ether oxygens (including phenoxy) is 1. The van der Waals surface area contributed by atoms with Gasteiger partial charge in [-0.1, -0.05) is 30.0 Å². The Hall–Kier alpha value is -3.13. The molecule has 3 aromatic rings. The van der Waals surface area contributed by atoms with Crippen LogP contribution in [0.2, 0.25) is 0 Å². The summed E-state index contributed by atoms with van der Waals surface area (Å²) in [6.45, 7) is 0.527. The summed E-state index contributed by atoms with van der Waals surface area (Å²) in [5.74, 6) is 0.838. The number of morpholine rings is 1. The van der Waals surface area contributed by atoms with Crippen LogP contribution >= 0.6 is 11.8 Å². The van der Waals surface area contributed by atoms with Gasteiger partial charge in [-0.2, -0.15) is 28.1 Å². The molecule has 0 amide bonds. The maximum atomic E-state index is 13.2. The number of aromatic nitrogens is 6. The van der Waals surface area contributed by atoms with Gasteiger partial charge in [-0.15, -0.1) is 10.2 Å². The highest BCUT2D eigenvalue weighted by Crippen LogP contribution is 2.29. The third-order valence-electron chi connectivity index (χ3n) is 4.39. The summed E-state index contributed by atoms with van der Waals surface area (Å²) < 4.78 is 46.0. The Labute approximate surface area is 185 Å². The number of hydrogen-bond acceptors (Lipinski definition) is 10. The Balaban J connectivity index is 1.52. The van der Waals surface area contributed by atoms with Gasteiger partial charge in [-0.05, 0) is 12.1 Å². The van der Waals surface area contributed by atoms with E-state index >= 15 is 0 Å². The Morgan fingerprint density at radius 1 is 1.06 bits per heavy atom. The SMILES string of the molecule is Nc1nc(CSc2nnc(N3CCOCC3)n2CC(F)(F)F)nc(Nc2ccccc2)n1. The molecule has 1 aliphatic rings. The molecule has 3 N–H and O–H groups in total. The quantitative estimate of drug-likeness (QED) is 0.502. The van der Waals surface area contributed by atoms with Gasteiger partial charge in [0, 0.05) is 18.8 Å². The minimum atomic E-state index is -4.43. The topological polar surface area (TPSA) is 120 Å². The number of nitrogens with two attached hydrogens (primary N) is 1. The molecule has 1 fully saturated rings. The number of nitrogens with one attached hydrogen (secondary N) is 1. The molecule has 170 valence electrons. The van der Waals surface area contributed by atoms with Gasteiger partial charge in [0.25, 0.3) is 0 Å². The first-order valence-electron chi connectivity index (χ1n) is 9.65. The van der Waals surface area contributed by atoms with E-state index in [1.54, 1.807) is 4.90 Å². The highest BCUT2D eigenvalue weighted by atomic mass is 32.2. The molecule has 1 saturated heterocycles. The average Bonchev–Trinajstić information content (AvgIpc) is 3.14. The van der Waals surface area contributed by atoms with E-state index in [0.29, 0.717) is 32.1 Å². The van der Waals surface area contributed by atoms with Crippen LogP contribution in [0.15, 0.2) is 35.5 Å². The van der Waals surface area contributed by atoms with E-state index in [-0.39, 0.29) is 28.8 Å². The van der Waals surface area contributed by atoms with Crippen molar-refractivity contribution in [3.63, 3.8) is 0 Å². The number of halogens is 3. The molecule has 10 nitrogen and oxygen atoms in total. The summed E-state index contributed by atoms with van der Waals surface area (Å²) in [4.78, 5) is 14.2. The van der Waals surface area contributed by atoms with E-state index in [2.05, 4.69) is 30.5 Å². The Kier molecular flexibility index (Phi) is 6.60. The molecule has 1 aromatic carbocycles. The minimum Gasteiger partial charge on any atom is -0.378 e. The fourth-order valence-corrected chi connectivity index (χ4v) is 3.83. The van der Waals surface area contributed by atoms with Crippen molar-refractivity contribution >= 4 is 35.3 Å². The third-order valence-corrected chi connectivity index (χ3v) is 5.35. The summed E-state index contributed by atoms with van der Waals surface area (Å²) in [5.41, 5.74) is 6.55. The lowest BCUT2D eigenvalue weighted by Crippen LogP contribution is -2.38. The van der Waals surface area contributed by atoms with Crippen LogP contribution < -0.4 is 16.0 Å². The lowest BCUT2D eigenvalue weighted by molar-refractivity contribution is -0.141. The predicted octanol–water partition coefficient (Wildman–Crippen LogP) is 2.48. The van der Waals surface area contributed by atoms with E-state index in [1.165, 1.54) is 0 Å². The van der Waals surface area contributed by atoms with Gasteiger partial charge in [0.05, 0.1) is 19.0 Å². The maximum absolute atomic E-state index is 13.2. The van der Waals surface area contributed by atoms with Crippen LogP contribution in [-0.4, -0.2) is 62.2 Å². The smallest absolute Gasteiger partial charge is 0.378 e. The molecule has 32 heavy (non-hydrogen) atoms. The molecule has 0 spiro atoms. The Morgan fingerprint density at radius 2 is 1.81 bits per heavy atom. The summed E-state index contributed by atoms with van der Waals surface area (Å²) in [7, 11) is 0. The lowest BCUT2D eigenvalue weighted by Gasteiger charge is -2.28. The molecule has 0 atom stereocenters. The van der Waals surface area contributed by atoms with Crippen LogP contribution in [0.3, 0.4) is 0 Å². The van der Waals surface area contributed by atoms with Crippen LogP contribution in [0.5, 0.6) is 0 Å². The van der Waals surface area contributed by atoms with Crippen molar-refractivity contribution in [3.8, 4) is 0 Å². The van der Waals surface area contributed by atoms with Gasteiger partial charge in [0.2, 0.25) is 17.8 Å². The van der Waals surface area contributed by atoms with Crippen LogP contribution in [0.4, 0.5) is 36.7 Å². The Bertz CT molecular complexity index is 1040. The average molecular weight is 467 g/mol. The van der Waals surface area contributed by atoms with E-state index in [4.69, 9.17) is 10.5 Å². The Morgan fingerprint density at radius 3 is 2.53 bits per heavy atom. The third kappa shape index (κ3) is 5.76. The highest BCUT2D eigenvalue weighted by Gasteiger charge is 2.33. The van der Waals surface area contributed by atoms with Crippen molar-refractivity contribution in [2.75, 3.05) is 42.3 Å². The van der Waals surface area contributed by atoms with Gasteiger partial charge in [0.15, 0.2) is 5.16 Å². The van der Waals surface area contributed by atoms with Crippen LogP contribution in [0.1, 0.15) is 5.82 Å². The number of nitrogens with zero attached hydrogens (tertiary/aromatic N) is 7. The first-order valence-corrected chi connectivity index (χ1v) is 10.6. The second kappa shape index (κ2) is 9.56. The van der Waals surface area contributed by atoms with Crippen molar-refractivity contribution in [2.24, 2.45) is 0 Å². The summed E-state index contributed by atoms with van der Waals surface area (Å²) in [6.07, 6.45) is -4.43. The second-order valence-corrected chi connectivity index (χ2v) is 7.74. The maximum Gasteiger partial charge on any atom is 0.406 e. The van der Waals surface area contributed by atoms with Crippen LogP contribution in [0.25, 0.3) is 0 Å². The van der Waals surface area contributed by atoms with Crippen molar-refractivity contribution < 1.29 is 17.9 Å². The van der Waals surface area contributed by atoms with E-state index in [9.17, 15) is 13.2 Å². The zero-order valence-electron chi connectivity index (χ0n) is 16.8. The number of thioether (sulfide) groups is 1. The minimum absolute atomic E-state index is 0.000190. The van der Waals surface area contributed by atoms with Gasteiger partial charge in [0.1, 0.15) is 12.4 Å². The lowest BCUT2D eigenvalue weighted by atomic mass is 10.3. The highest BCUT2D eigenvalue weighted by molar-refractivity contribution is 7.98. The monoisotopic (exact) mass is 467 g/mol. The van der Waals surface area contributed by atoms with Crippen molar-refractivity contribution in [1.29, 1.82) is 0 Å². The van der Waals surface area contributed by atoms with Crippen molar-refractivity contribution in [1.82, 2.24) is 29.7 Å². The molecule has 14 heteroatoms. The van der Waals surface area contributed by atoms with Crippen molar-refractivity contribution in [3.05, 3.63) is 36.2 Å². The van der Waals surface area contributed by atoms with Gasteiger partial charge in [-0.3, -0.25) is 4.57 Å². The fraction of sp³-hybridized carbons (Fsp3) is 0.389. The molecular weight excluding hydrogens is 447 g/mol. The molecular formula is C18H20F3N9OS. The fourth-order valence-electron chi connectivity index (χ4n) is 3.04. The molecule has 0 radical (unpaired) electrons. The zero-order chi connectivity index (χ0) is 22.6. The van der Waals surface area contributed by atoms with E-state index in [1.807, 2.05) is 30.3 Å². The van der Waals surface area contributed by atoms with Crippen LogP contribution in [-0.2, 0) is 17.0 Å². The molecule has 4 rings (SSSR count). The van der Waals surface area contributed by atoms with Gasteiger partial charge >= 0.3 is 6.18 Å². The number of rotatable bonds is 7. The molecule has 0 aliphatic carbocycles. The molecule has 1 aliphatic heterocycles. The second-order valence-electron chi connectivity index (χ2n) is 6.80.